The quantitative estimate of drug-likeness (QED) is 0.916. The van der Waals surface area contributed by atoms with E-state index in [0.29, 0.717) is 38.0 Å². The Labute approximate surface area is 138 Å². The lowest BCUT2D eigenvalue weighted by Gasteiger charge is -2.31. The van der Waals surface area contributed by atoms with Crippen molar-refractivity contribution in [3.8, 4) is 0 Å². The first-order chi connectivity index (χ1) is 11.5. The van der Waals surface area contributed by atoms with Crippen molar-refractivity contribution in [1.82, 2.24) is 4.90 Å². The van der Waals surface area contributed by atoms with Gasteiger partial charge in [0.1, 0.15) is 5.82 Å². The molecule has 1 atom stereocenters. The minimum atomic E-state index is -0.940. The fourth-order valence-corrected chi connectivity index (χ4v) is 3.30. The lowest BCUT2D eigenvalue weighted by Crippen LogP contribution is -2.42. The van der Waals surface area contributed by atoms with Crippen molar-refractivity contribution < 1.29 is 23.9 Å². The van der Waals surface area contributed by atoms with Crippen LogP contribution in [0.3, 0.4) is 0 Å². The van der Waals surface area contributed by atoms with Crippen LogP contribution in [0.15, 0.2) is 18.2 Å². The van der Waals surface area contributed by atoms with E-state index >= 15 is 0 Å². The second-order valence-corrected chi connectivity index (χ2v) is 6.24. The van der Waals surface area contributed by atoms with Crippen LogP contribution in [0.1, 0.15) is 36.0 Å². The van der Waals surface area contributed by atoms with Gasteiger partial charge in [0.25, 0.3) is 5.91 Å². The van der Waals surface area contributed by atoms with E-state index in [0.717, 1.165) is 6.42 Å². The Morgan fingerprint density at radius 2 is 2.00 bits per heavy atom. The summed E-state index contributed by atoms with van der Waals surface area (Å²) in [6.45, 7) is 1.05. The minimum Gasteiger partial charge on any atom is -0.481 e. The number of rotatable bonds is 3. The molecule has 6 nitrogen and oxygen atoms in total. The molecule has 0 saturated carbocycles. The van der Waals surface area contributed by atoms with E-state index < -0.39 is 23.6 Å². The van der Waals surface area contributed by atoms with Gasteiger partial charge in [0, 0.05) is 31.7 Å². The maximum atomic E-state index is 14.1. The summed E-state index contributed by atoms with van der Waals surface area (Å²) in [6, 6.07) is 4.07. The molecule has 1 unspecified atom stereocenters. The number of piperidine rings is 1. The maximum absolute atomic E-state index is 14.1. The van der Waals surface area contributed by atoms with Gasteiger partial charge in [-0.2, -0.15) is 0 Å². The number of hydrogen-bond acceptors (Lipinski definition) is 3. The van der Waals surface area contributed by atoms with Gasteiger partial charge in [0.15, 0.2) is 0 Å². The second kappa shape index (κ2) is 6.59. The molecule has 0 radical (unpaired) electrons. The Kier molecular flexibility index (Phi) is 4.51. The Bertz CT molecular complexity index is 691. The SMILES string of the molecule is O=C(O)C1CCCN(C(=O)c2cc(N3CCCC3=O)ccc2F)C1. The van der Waals surface area contributed by atoms with Crippen LogP contribution in [0.2, 0.25) is 0 Å². The van der Waals surface area contributed by atoms with E-state index in [9.17, 15) is 18.8 Å². The average Bonchev–Trinajstić information content (AvgIpc) is 3.01. The van der Waals surface area contributed by atoms with Gasteiger partial charge in [-0.3, -0.25) is 14.4 Å². The number of halogens is 1. The highest BCUT2D eigenvalue weighted by molar-refractivity contribution is 5.99. The van der Waals surface area contributed by atoms with E-state index in [1.807, 2.05) is 0 Å². The smallest absolute Gasteiger partial charge is 0.308 e. The third-order valence-electron chi connectivity index (χ3n) is 4.62. The number of carboxylic acids is 1. The van der Waals surface area contributed by atoms with Crippen molar-refractivity contribution in [3.63, 3.8) is 0 Å². The number of carbonyl (C=O) groups is 3. The number of likely N-dealkylation sites (tertiary alicyclic amines) is 1. The van der Waals surface area contributed by atoms with Crippen LogP contribution in [0, 0.1) is 11.7 Å². The van der Waals surface area contributed by atoms with Gasteiger partial charge in [0.05, 0.1) is 11.5 Å². The van der Waals surface area contributed by atoms with E-state index in [1.54, 1.807) is 4.90 Å². The molecule has 0 aromatic heterocycles. The van der Waals surface area contributed by atoms with Gasteiger partial charge in [-0.15, -0.1) is 0 Å². The molecule has 2 heterocycles. The summed E-state index contributed by atoms with van der Waals surface area (Å²) in [5.74, 6) is -2.78. The van der Waals surface area contributed by atoms with Crippen molar-refractivity contribution in [2.45, 2.75) is 25.7 Å². The Morgan fingerprint density at radius 1 is 1.21 bits per heavy atom. The molecule has 1 N–H and O–H groups in total. The van der Waals surface area contributed by atoms with Crippen LogP contribution < -0.4 is 4.90 Å². The van der Waals surface area contributed by atoms with Crippen molar-refractivity contribution in [1.29, 1.82) is 0 Å². The highest BCUT2D eigenvalue weighted by Gasteiger charge is 2.30. The van der Waals surface area contributed by atoms with E-state index in [-0.39, 0.29) is 18.0 Å². The fourth-order valence-electron chi connectivity index (χ4n) is 3.30. The Morgan fingerprint density at radius 3 is 2.67 bits per heavy atom. The highest BCUT2D eigenvalue weighted by atomic mass is 19.1. The third-order valence-corrected chi connectivity index (χ3v) is 4.62. The second-order valence-electron chi connectivity index (χ2n) is 6.24. The molecule has 2 amide bonds. The van der Waals surface area contributed by atoms with E-state index in [1.165, 1.54) is 23.1 Å². The number of aliphatic carboxylic acids is 1. The van der Waals surface area contributed by atoms with Crippen LogP contribution in [0.5, 0.6) is 0 Å². The highest BCUT2D eigenvalue weighted by Crippen LogP contribution is 2.26. The van der Waals surface area contributed by atoms with E-state index in [2.05, 4.69) is 0 Å². The van der Waals surface area contributed by atoms with Crippen molar-refractivity contribution in [3.05, 3.63) is 29.6 Å². The van der Waals surface area contributed by atoms with Crippen LogP contribution in [-0.2, 0) is 9.59 Å². The largest absolute Gasteiger partial charge is 0.481 e. The predicted molar refractivity (Wildman–Crippen MR) is 84.3 cm³/mol. The first-order valence-corrected chi connectivity index (χ1v) is 8.09. The van der Waals surface area contributed by atoms with Gasteiger partial charge in [0.2, 0.25) is 5.91 Å². The summed E-state index contributed by atoms with van der Waals surface area (Å²) in [5.41, 5.74) is 0.396. The summed E-state index contributed by atoms with van der Waals surface area (Å²) < 4.78 is 14.1. The zero-order valence-electron chi connectivity index (χ0n) is 13.2. The first-order valence-electron chi connectivity index (χ1n) is 8.09. The summed E-state index contributed by atoms with van der Waals surface area (Å²) in [7, 11) is 0. The molecule has 7 heteroatoms. The number of carbonyl (C=O) groups excluding carboxylic acids is 2. The molecule has 3 rings (SSSR count). The standard InChI is InChI=1S/C17H19FN2O4/c18-14-6-5-12(20-8-2-4-15(20)21)9-13(14)16(22)19-7-1-3-11(10-19)17(23)24/h5-6,9,11H,1-4,7-8,10H2,(H,23,24). The maximum Gasteiger partial charge on any atom is 0.308 e. The fraction of sp³-hybridized carbons (Fsp3) is 0.471. The molecule has 24 heavy (non-hydrogen) atoms. The van der Waals surface area contributed by atoms with Crippen LogP contribution in [-0.4, -0.2) is 47.4 Å². The van der Waals surface area contributed by atoms with Gasteiger partial charge in [-0.25, -0.2) is 4.39 Å². The molecule has 2 fully saturated rings. The van der Waals surface area contributed by atoms with Crippen LogP contribution in [0.25, 0.3) is 0 Å². The van der Waals surface area contributed by atoms with Crippen LogP contribution >= 0.6 is 0 Å². The number of nitrogens with zero attached hydrogens (tertiary/aromatic N) is 2. The van der Waals surface area contributed by atoms with Gasteiger partial charge < -0.3 is 14.9 Å². The lowest BCUT2D eigenvalue weighted by atomic mass is 9.97. The topological polar surface area (TPSA) is 77.9 Å². The number of hydrogen-bond donors (Lipinski definition) is 1. The van der Waals surface area contributed by atoms with Crippen molar-refractivity contribution in [2.75, 3.05) is 24.5 Å². The van der Waals surface area contributed by atoms with Crippen molar-refractivity contribution in [2.24, 2.45) is 5.92 Å². The third kappa shape index (κ3) is 3.11. The molecule has 1 aromatic rings. The van der Waals surface area contributed by atoms with Gasteiger partial charge in [-0.05, 0) is 37.5 Å². The van der Waals surface area contributed by atoms with Crippen LogP contribution in [0.4, 0.5) is 10.1 Å². The molecule has 2 saturated heterocycles. The normalized spacial score (nSPS) is 21.2. The predicted octanol–water partition coefficient (Wildman–Crippen LogP) is 1.89. The summed E-state index contributed by atoms with van der Waals surface area (Å²) >= 11 is 0. The van der Waals surface area contributed by atoms with Gasteiger partial charge in [-0.1, -0.05) is 0 Å². The minimum absolute atomic E-state index is 0.0380. The average molecular weight is 334 g/mol. The number of carboxylic acid groups (broad SMARTS) is 1. The zero-order chi connectivity index (χ0) is 17.3. The van der Waals surface area contributed by atoms with Gasteiger partial charge >= 0.3 is 5.97 Å². The molecule has 2 aliphatic heterocycles. The first kappa shape index (κ1) is 16.4. The summed E-state index contributed by atoms with van der Waals surface area (Å²) in [6.07, 6.45) is 2.29. The molecule has 2 aliphatic rings. The number of amides is 2. The van der Waals surface area contributed by atoms with E-state index in [4.69, 9.17) is 5.11 Å². The Hall–Kier alpha value is -2.44. The molecule has 128 valence electrons. The molecule has 0 spiro atoms. The molecular formula is C17H19FN2O4. The zero-order valence-corrected chi connectivity index (χ0v) is 13.2. The summed E-state index contributed by atoms with van der Waals surface area (Å²) in [5, 5.41) is 9.12. The molecule has 1 aromatic carbocycles. The Balaban J connectivity index is 1.84. The number of anilines is 1. The lowest BCUT2D eigenvalue weighted by molar-refractivity contribution is -0.143. The molecular weight excluding hydrogens is 315 g/mol. The monoisotopic (exact) mass is 334 g/mol. The van der Waals surface area contributed by atoms with Crippen molar-refractivity contribution >= 4 is 23.5 Å². The molecule has 0 aliphatic carbocycles. The molecule has 0 bridgehead atoms. The summed E-state index contributed by atoms with van der Waals surface area (Å²) in [4.78, 5) is 38.5. The number of benzene rings is 1.